The third-order valence-electron chi connectivity index (χ3n) is 8.37. The molecule has 1 aliphatic carbocycles. The number of likely N-dealkylation sites (tertiary alicyclic amines) is 1. The fraction of sp³-hybridized carbons (Fsp3) is 0.714. The molecule has 1 heterocycles. The van der Waals surface area contributed by atoms with Crippen LogP contribution >= 0.6 is 11.6 Å². The number of rotatable bonds is 11. The molecule has 3 rings (SSSR count). The molecule has 1 aromatic rings. The number of carboxylic acid groups (broad SMARTS) is 1. The molecule has 2 amide bonds. The van der Waals surface area contributed by atoms with E-state index in [-0.39, 0.29) is 17.9 Å². The molecule has 0 bridgehead atoms. The van der Waals surface area contributed by atoms with Crippen molar-refractivity contribution in [1.29, 1.82) is 0 Å². The van der Waals surface area contributed by atoms with Gasteiger partial charge < -0.3 is 30.5 Å². The lowest BCUT2D eigenvalue weighted by atomic mass is 9.65. The number of hydrogen-bond donors (Lipinski definition) is 4. The van der Waals surface area contributed by atoms with Crippen LogP contribution in [0.4, 0.5) is 9.59 Å². The number of piperidine rings is 1. The topological polar surface area (TPSA) is 111 Å². The molecule has 1 saturated heterocycles. The fourth-order valence-corrected chi connectivity index (χ4v) is 6.92. The van der Waals surface area contributed by atoms with Gasteiger partial charge in [0.25, 0.3) is 0 Å². The van der Waals surface area contributed by atoms with Crippen LogP contribution in [0.25, 0.3) is 0 Å². The zero-order valence-corrected chi connectivity index (χ0v) is 23.0. The van der Waals surface area contributed by atoms with E-state index >= 15 is 0 Å². The van der Waals surface area contributed by atoms with Crippen molar-refractivity contribution in [2.45, 2.75) is 75.9 Å². The zero-order chi connectivity index (χ0) is 26.8. The van der Waals surface area contributed by atoms with Gasteiger partial charge in [-0.2, -0.15) is 0 Å². The molecule has 2 aliphatic rings. The Morgan fingerprint density at radius 2 is 1.97 bits per heavy atom. The van der Waals surface area contributed by atoms with E-state index in [1.54, 1.807) is 17.0 Å². The molecule has 8 nitrogen and oxygen atoms in total. The van der Waals surface area contributed by atoms with Crippen molar-refractivity contribution in [3.05, 3.63) is 34.9 Å². The van der Waals surface area contributed by atoms with E-state index < -0.39 is 17.8 Å². The third kappa shape index (κ3) is 7.74. The first-order chi connectivity index (χ1) is 17.8. The third-order valence-corrected chi connectivity index (χ3v) is 8.60. The molecule has 208 valence electrons. The van der Waals surface area contributed by atoms with E-state index in [0.717, 1.165) is 6.42 Å². The Kier molecular flexibility index (Phi) is 11.3. The molecule has 2 unspecified atom stereocenters. The maximum atomic E-state index is 12.5. The van der Waals surface area contributed by atoms with Crippen molar-refractivity contribution in [1.82, 2.24) is 15.5 Å². The smallest absolute Gasteiger partial charge is 0.407 e. The standard InChI is InChI=1S/C28H44ClN3O5/c1-30-19-21(17-20-9-4-3-5-10-20)25-24(13-7-16-32(25)27(34)35)28(36,14-8-15-31-26(33)37-2)22-11-6-12-23(29)18-22/h6,11-12,18,20-21,24-25,30,36H,3-5,7-10,13-17,19H2,1-2H3,(H,31,33)(H,34,35)/t21-,24?,25?,28-/m1/s1. The minimum absolute atomic E-state index is 0.0772. The maximum Gasteiger partial charge on any atom is 0.407 e. The summed E-state index contributed by atoms with van der Waals surface area (Å²) in [7, 11) is 3.23. The molecule has 0 spiro atoms. The minimum Gasteiger partial charge on any atom is -0.465 e. The predicted octanol–water partition coefficient (Wildman–Crippen LogP) is 5.23. The zero-order valence-electron chi connectivity index (χ0n) is 22.3. The maximum absolute atomic E-state index is 12.5. The second kappa shape index (κ2) is 14.2. The van der Waals surface area contributed by atoms with Gasteiger partial charge in [-0.05, 0) is 75.2 Å². The molecule has 4 N–H and O–H groups in total. The molecule has 1 aliphatic heterocycles. The average molecular weight is 538 g/mol. The Labute approximate surface area is 226 Å². The fourth-order valence-electron chi connectivity index (χ4n) is 6.72. The van der Waals surface area contributed by atoms with Crippen LogP contribution in [-0.2, 0) is 10.3 Å². The van der Waals surface area contributed by atoms with Crippen molar-refractivity contribution in [3.8, 4) is 0 Å². The summed E-state index contributed by atoms with van der Waals surface area (Å²) < 4.78 is 4.68. The van der Waals surface area contributed by atoms with Gasteiger partial charge in [0.2, 0.25) is 0 Å². The van der Waals surface area contributed by atoms with Gasteiger partial charge in [0.05, 0.1) is 12.7 Å². The first-order valence-corrected chi connectivity index (χ1v) is 14.1. The molecular weight excluding hydrogens is 494 g/mol. The number of amides is 2. The quantitative estimate of drug-likeness (QED) is 0.288. The van der Waals surface area contributed by atoms with Crippen molar-refractivity contribution >= 4 is 23.8 Å². The Hall–Kier alpha value is -2.03. The number of aliphatic hydroxyl groups is 1. The molecule has 1 saturated carbocycles. The van der Waals surface area contributed by atoms with Gasteiger partial charge in [-0.3, -0.25) is 0 Å². The number of nitrogens with one attached hydrogen (secondary N) is 2. The van der Waals surface area contributed by atoms with Gasteiger partial charge in [0.1, 0.15) is 0 Å². The van der Waals surface area contributed by atoms with Crippen LogP contribution in [0.15, 0.2) is 24.3 Å². The second-order valence-corrected chi connectivity index (χ2v) is 11.2. The molecule has 37 heavy (non-hydrogen) atoms. The van der Waals surface area contributed by atoms with Crippen LogP contribution < -0.4 is 10.6 Å². The van der Waals surface area contributed by atoms with Crippen LogP contribution in [0.2, 0.25) is 5.02 Å². The summed E-state index contributed by atoms with van der Waals surface area (Å²) in [5, 5.41) is 29.3. The normalized spacial score (nSPS) is 23.2. The number of hydrogen-bond acceptors (Lipinski definition) is 5. The molecule has 9 heteroatoms. The van der Waals surface area contributed by atoms with E-state index in [0.29, 0.717) is 61.8 Å². The number of carbonyl (C=O) groups excluding carboxylic acids is 1. The SMILES string of the molecule is CNC[C@@H](CC1CCCCC1)C1C([C@@](O)(CCCNC(=O)OC)c2cccc(Cl)c2)CCCN1C(=O)O. The van der Waals surface area contributed by atoms with Gasteiger partial charge in [-0.1, -0.05) is 55.8 Å². The van der Waals surface area contributed by atoms with Crippen LogP contribution in [0, 0.1) is 17.8 Å². The molecule has 0 aromatic heterocycles. The summed E-state index contributed by atoms with van der Waals surface area (Å²) in [6, 6.07) is 6.94. The van der Waals surface area contributed by atoms with Gasteiger partial charge >= 0.3 is 12.2 Å². The lowest BCUT2D eigenvalue weighted by Gasteiger charge is -2.51. The number of methoxy groups -OCH3 is 1. The lowest BCUT2D eigenvalue weighted by molar-refractivity contribution is -0.0968. The van der Waals surface area contributed by atoms with Crippen LogP contribution in [0.1, 0.15) is 69.8 Å². The first kappa shape index (κ1) is 29.5. The summed E-state index contributed by atoms with van der Waals surface area (Å²) in [4.78, 5) is 25.7. The highest BCUT2D eigenvalue weighted by atomic mass is 35.5. The summed E-state index contributed by atoms with van der Waals surface area (Å²) in [6.45, 7) is 1.51. The number of halogens is 1. The van der Waals surface area contributed by atoms with Crippen LogP contribution in [-0.4, -0.2) is 67.1 Å². The van der Waals surface area contributed by atoms with E-state index in [4.69, 9.17) is 11.6 Å². The molecular formula is C28H44ClN3O5. The largest absolute Gasteiger partial charge is 0.465 e. The average Bonchev–Trinajstić information content (AvgIpc) is 2.90. The van der Waals surface area contributed by atoms with Crippen molar-refractivity contribution < 1.29 is 24.5 Å². The number of benzene rings is 1. The van der Waals surface area contributed by atoms with Gasteiger partial charge in [0.15, 0.2) is 0 Å². The first-order valence-electron chi connectivity index (χ1n) is 13.7. The minimum atomic E-state index is -1.31. The predicted molar refractivity (Wildman–Crippen MR) is 145 cm³/mol. The Balaban J connectivity index is 1.98. The van der Waals surface area contributed by atoms with Crippen molar-refractivity contribution in [3.63, 3.8) is 0 Å². The van der Waals surface area contributed by atoms with E-state index in [2.05, 4.69) is 15.4 Å². The highest BCUT2D eigenvalue weighted by Gasteiger charge is 2.50. The second-order valence-electron chi connectivity index (χ2n) is 10.7. The molecule has 1 aromatic carbocycles. The number of nitrogens with zero attached hydrogens (tertiary/aromatic N) is 1. The molecule has 2 fully saturated rings. The van der Waals surface area contributed by atoms with Crippen molar-refractivity contribution in [2.75, 3.05) is 33.8 Å². The van der Waals surface area contributed by atoms with E-state index in [9.17, 15) is 19.8 Å². The Morgan fingerprint density at radius 1 is 1.22 bits per heavy atom. The van der Waals surface area contributed by atoms with Gasteiger partial charge in [0, 0.05) is 30.1 Å². The molecule has 4 atom stereocenters. The van der Waals surface area contributed by atoms with E-state index in [1.807, 2.05) is 19.2 Å². The molecule has 0 radical (unpaired) electrons. The Bertz CT molecular complexity index is 881. The monoisotopic (exact) mass is 537 g/mol. The van der Waals surface area contributed by atoms with E-state index in [1.165, 1.54) is 39.2 Å². The number of carbonyl (C=O) groups is 2. The van der Waals surface area contributed by atoms with Crippen LogP contribution in [0.3, 0.4) is 0 Å². The Morgan fingerprint density at radius 3 is 2.62 bits per heavy atom. The number of ether oxygens (including phenoxy) is 1. The highest BCUT2D eigenvalue weighted by molar-refractivity contribution is 6.30. The van der Waals surface area contributed by atoms with Gasteiger partial charge in [-0.15, -0.1) is 0 Å². The number of alkyl carbamates (subject to hydrolysis) is 1. The summed E-state index contributed by atoms with van der Waals surface area (Å²) in [6.07, 6.45) is 7.87. The summed E-state index contributed by atoms with van der Waals surface area (Å²) >= 11 is 6.37. The summed E-state index contributed by atoms with van der Waals surface area (Å²) in [5.74, 6) is 0.345. The highest BCUT2D eigenvalue weighted by Crippen LogP contribution is 2.46. The van der Waals surface area contributed by atoms with Crippen LogP contribution in [0.5, 0.6) is 0 Å². The summed E-state index contributed by atoms with van der Waals surface area (Å²) in [5.41, 5.74) is -0.610. The van der Waals surface area contributed by atoms with Gasteiger partial charge in [-0.25, -0.2) is 9.59 Å². The van der Waals surface area contributed by atoms with Crippen molar-refractivity contribution in [2.24, 2.45) is 17.8 Å². The lowest BCUT2D eigenvalue weighted by Crippen LogP contribution is -2.59.